The van der Waals surface area contributed by atoms with E-state index in [1.165, 1.54) is 36.9 Å². The van der Waals surface area contributed by atoms with Gasteiger partial charge in [0.05, 0.1) is 18.4 Å². The van der Waals surface area contributed by atoms with E-state index in [4.69, 9.17) is 4.98 Å². The van der Waals surface area contributed by atoms with E-state index in [2.05, 4.69) is 68.3 Å². The summed E-state index contributed by atoms with van der Waals surface area (Å²) >= 11 is 0. The number of aromatic nitrogens is 2. The largest absolute Gasteiger partial charge is 0.377 e. The van der Waals surface area contributed by atoms with Crippen LogP contribution in [0, 0.1) is 0 Å². The molecule has 2 heterocycles. The van der Waals surface area contributed by atoms with Gasteiger partial charge in [-0.15, -0.1) is 0 Å². The van der Waals surface area contributed by atoms with Crippen molar-refractivity contribution in [2.45, 2.75) is 71.1 Å². The Morgan fingerprint density at radius 2 is 1.91 bits per heavy atom. The monoisotopic (exact) mass is 432 g/mol. The molecule has 1 aromatic carbocycles. The fourth-order valence-electron chi connectivity index (χ4n) is 4.65. The second-order valence-electron chi connectivity index (χ2n) is 8.30. The molecule has 2 aliphatic carbocycles. The first-order valence-electron chi connectivity index (χ1n) is 12.2. The highest BCUT2D eigenvalue weighted by molar-refractivity contribution is 5.69. The minimum absolute atomic E-state index is 0.187. The van der Waals surface area contributed by atoms with Crippen LogP contribution in [0.1, 0.15) is 57.9 Å². The van der Waals surface area contributed by atoms with Crippen LogP contribution in [0.25, 0.3) is 0 Å². The fraction of sp³-hybridized carbons (Fsp3) is 0.462. The van der Waals surface area contributed by atoms with Crippen LogP contribution in [0.4, 0.5) is 17.5 Å². The number of rotatable bonds is 6. The Kier molecular flexibility index (Phi) is 7.64. The predicted octanol–water partition coefficient (Wildman–Crippen LogP) is 5.44. The van der Waals surface area contributed by atoms with E-state index in [9.17, 15) is 0 Å². The molecule has 3 aliphatic rings. The van der Waals surface area contributed by atoms with Crippen molar-refractivity contribution in [3.8, 4) is 0 Å². The van der Waals surface area contributed by atoms with Crippen molar-refractivity contribution in [3.05, 3.63) is 66.0 Å². The molecule has 0 amide bonds. The van der Waals surface area contributed by atoms with Gasteiger partial charge in [0.15, 0.2) is 5.82 Å². The standard InChI is InChI=1S/C24H30N6.C2H6/c1-3-9-18(10-4-1)15-26-24-27-16-21-23(29-24)30(20-13-7-8-14-20)22(17-25-21)28-19-11-5-2-6-12-19;1-2/h1,3-5,9-12,16,20,22,25,28H,2,6-8,13-15,17H2,(H,26,27,29);1-2H3. The van der Waals surface area contributed by atoms with Gasteiger partial charge in [-0.3, -0.25) is 0 Å². The molecular formula is C26H36N6. The summed E-state index contributed by atoms with van der Waals surface area (Å²) in [6.45, 7) is 5.56. The zero-order valence-corrected chi connectivity index (χ0v) is 19.3. The van der Waals surface area contributed by atoms with E-state index >= 15 is 0 Å². The first kappa shape index (κ1) is 22.2. The number of anilines is 3. The third kappa shape index (κ3) is 5.23. The molecule has 1 aromatic heterocycles. The van der Waals surface area contributed by atoms with Gasteiger partial charge in [-0.05, 0) is 37.3 Å². The maximum atomic E-state index is 4.96. The van der Waals surface area contributed by atoms with E-state index in [0.29, 0.717) is 12.0 Å². The molecule has 6 heteroatoms. The number of nitrogens with one attached hydrogen (secondary N) is 3. The van der Waals surface area contributed by atoms with Gasteiger partial charge in [-0.2, -0.15) is 4.98 Å². The SMILES string of the molecule is C1=CC(NC2CNc3cnc(NCc4ccccc4)nc3N2C2CCCC2)=CCC1.CC. The Morgan fingerprint density at radius 3 is 2.66 bits per heavy atom. The summed E-state index contributed by atoms with van der Waals surface area (Å²) in [6, 6.07) is 10.9. The summed E-state index contributed by atoms with van der Waals surface area (Å²) in [6.07, 6.45) is 16.1. The number of fused-ring (bicyclic) bond motifs is 1. The van der Waals surface area contributed by atoms with Gasteiger partial charge < -0.3 is 20.9 Å². The highest BCUT2D eigenvalue weighted by Crippen LogP contribution is 2.36. The number of nitrogens with zero attached hydrogens (tertiary/aromatic N) is 3. The van der Waals surface area contributed by atoms with Crippen LogP contribution in [0.3, 0.4) is 0 Å². The molecular weight excluding hydrogens is 396 g/mol. The van der Waals surface area contributed by atoms with Crippen LogP contribution >= 0.6 is 0 Å². The summed E-state index contributed by atoms with van der Waals surface area (Å²) in [7, 11) is 0. The normalized spacial score (nSPS) is 19.9. The molecule has 1 saturated carbocycles. The Labute approximate surface area is 192 Å². The third-order valence-electron chi connectivity index (χ3n) is 6.17. The number of allylic oxidation sites excluding steroid dienone is 3. The van der Waals surface area contributed by atoms with Crippen molar-refractivity contribution in [3.63, 3.8) is 0 Å². The van der Waals surface area contributed by atoms with E-state index in [0.717, 1.165) is 37.4 Å². The average Bonchev–Trinajstić information content (AvgIpc) is 3.39. The van der Waals surface area contributed by atoms with Crippen LogP contribution in [-0.4, -0.2) is 28.7 Å². The van der Waals surface area contributed by atoms with Crippen molar-refractivity contribution in [1.29, 1.82) is 0 Å². The topological polar surface area (TPSA) is 65.1 Å². The van der Waals surface area contributed by atoms with Crippen molar-refractivity contribution >= 4 is 17.5 Å². The van der Waals surface area contributed by atoms with Crippen LogP contribution in [0.2, 0.25) is 0 Å². The summed E-state index contributed by atoms with van der Waals surface area (Å²) in [5.41, 5.74) is 3.47. The summed E-state index contributed by atoms with van der Waals surface area (Å²) < 4.78 is 0. The molecule has 3 N–H and O–H groups in total. The smallest absolute Gasteiger partial charge is 0.225 e. The molecule has 6 nitrogen and oxygen atoms in total. The van der Waals surface area contributed by atoms with E-state index < -0.39 is 0 Å². The van der Waals surface area contributed by atoms with Crippen LogP contribution in [-0.2, 0) is 6.54 Å². The molecule has 2 aromatic rings. The maximum absolute atomic E-state index is 4.96. The van der Waals surface area contributed by atoms with Gasteiger partial charge in [0.2, 0.25) is 5.95 Å². The lowest BCUT2D eigenvalue weighted by Gasteiger charge is -2.43. The number of benzene rings is 1. The molecule has 0 bridgehead atoms. The summed E-state index contributed by atoms with van der Waals surface area (Å²) in [5, 5.41) is 10.7. The molecule has 0 saturated heterocycles. The van der Waals surface area contributed by atoms with E-state index in [1.807, 2.05) is 26.1 Å². The molecule has 5 rings (SSSR count). The van der Waals surface area contributed by atoms with Crippen LogP contribution in [0.5, 0.6) is 0 Å². The second kappa shape index (κ2) is 11.0. The highest BCUT2D eigenvalue weighted by atomic mass is 15.4. The van der Waals surface area contributed by atoms with Gasteiger partial charge in [-0.25, -0.2) is 4.98 Å². The quantitative estimate of drug-likeness (QED) is 0.565. The van der Waals surface area contributed by atoms with Crippen LogP contribution < -0.4 is 20.9 Å². The number of hydrogen-bond acceptors (Lipinski definition) is 6. The van der Waals surface area contributed by atoms with Gasteiger partial charge in [0, 0.05) is 18.3 Å². The second-order valence-corrected chi connectivity index (χ2v) is 8.30. The molecule has 1 atom stereocenters. The van der Waals surface area contributed by atoms with E-state index in [-0.39, 0.29) is 6.17 Å². The minimum atomic E-state index is 0.187. The first-order chi connectivity index (χ1) is 15.9. The van der Waals surface area contributed by atoms with Gasteiger partial charge in [0.25, 0.3) is 0 Å². The Morgan fingerprint density at radius 1 is 1.09 bits per heavy atom. The lowest BCUT2D eigenvalue weighted by atomic mass is 10.1. The molecule has 1 aliphatic heterocycles. The number of hydrogen-bond donors (Lipinski definition) is 3. The Bertz CT molecular complexity index is 917. The van der Waals surface area contributed by atoms with E-state index in [1.54, 1.807) is 0 Å². The Balaban J connectivity index is 0.00000119. The highest BCUT2D eigenvalue weighted by Gasteiger charge is 2.35. The molecule has 0 radical (unpaired) electrons. The van der Waals surface area contributed by atoms with Crippen molar-refractivity contribution in [2.75, 3.05) is 22.1 Å². The molecule has 0 spiro atoms. The van der Waals surface area contributed by atoms with Crippen molar-refractivity contribution < 1.29 is 0 Å². The summed E-state index contributed by atoms with van der Waals surface area (Å²) in [4.78, 5) is 12.0. The van der Waals surface area contributed by atoms with Gasteiger partial charge >= 0.3 is 0 Å². The lowest BCUT2D eigenvalue weighted by molar-refractivity contribution is 0.467. The first-order valence-corrected chi connectivity index (χ1v) is 12.2. The zero-order valence-electron chi connectivity index (χ0n) is 19.3. The predicted molar refractivity (Wildman–Crippen MR) is 134 cm³/mol. The van der Waals surface area contributed by atoms with Gasteiger partial charge in [-0.1, -0.05) is 69.2 Å². The Hall–Kier alpha value is -3.02. The molecule has 170 valence electrons. The molecule has 1 fully saturated rings. The minimum Gasteiger partial charge on any atom is -0.377 e. The summed E-state index contributed by atoms with van der Waals surface area (Å²) in [5.74, 6) is 1.69. The zero-order chi connectivity index (χ0) is 22.2. The van der Waals surface area contributed by atoms with Gasteiger partial charge in [0.1, 0.15) is 6.17 Å². The van der Waals surface area contributed by atoms with Crippen molar-refractivity contribution in [2.24, 2.45) is 0 Å². The average molecular weight is 433 g/mol. The maximum Gasteiger partial charge on any atom is 0.225 e. The fourth-order valence-corrected chi connectivity index (χ4v) is 4.65. The molecule has 1 unspecified atom stereocenters. The third-order valence-corrected chi connectivity index (χ3v) is 6.17. The van der Waals surface area contributed by atoms with Crippen LogP contribution in [0.15, 0.2) is 60.5 Å². The lowest BCUT2D eigenvalue weighted by Crippen LogP contribution is -2.56. The molecule has 32 heavy (non-hydrogen) atoms. The van der Waals surface area contributed by atoms with Crippen molar-refractivity contribution in [1.82, 2.24) is 15.3 Å².